The molecular formula is C24H24NO2+. The van der Waals surface area contributed by atoms with Crippen LogP contribution in [-0.4, -0.2) is 5.97 Å². The predicted octanol–water partition coefficient (Wildman–Crippen LogP) is 5.24. The minimum Gasteiger partial charge on any atom is -0.423 e. The van der Waals surface area contributed by atoms with Gasteiger partial charge < -0.3 is 4.74 Å². The molecule has 0 radical (unpaired) electrons. The van der Waals surface area contributed by atoms with E-state index in [1.54, 1.807) is 0 Å². The molecule has 0 unspecified atom stereocenters. The Hall–Kier alpha value is -3.20. The average molecular weight is 358 g/mol. The van der Waals surface area contributed by atoms with Gasteiger partial charge in [0.25, 0.3) is 0 Å². The van der Waals surface area contributed by atoms with Crippen LogP contribution in [0.5, 0.6) is 5.75 Å². The minimum absolute atomic E-state index is 0. The van der Waals surface area contributed by atoms with Crippen LogP contribution in [0.15, 0.2) is 72.8 Å². The molecule has 0 spiro atoms. The maximum Gasteiger partial charge on any atom is 0.345 e. The zero-order valence-corrected chi connectivity index (χ0v) is 14.9. The van der Waals surface area contributed by atoms with Gasteiger partial charge in [-0.05, 0) is 36.2 Å². The summed E-state index contributed by atoms with van der Waals surface area (Å²) < 4.78 is 7.82. The highest BCUT2D eigenvalue weighted by Crippen LogP contribution is 2.26. The Kier molecular flexibility index (Phi) is 5.22. The van der Waals surface area contributed by atoms with Crippen molar-refractivity contribution in [1.29, 1.82) is 0 Å². The van der Waals surface area contributed by atoms with E-state index < -0.39 is 0 Å². The number of aromatic nitrogens is 1. The lowest BCUT2D eigenvalue weighted by atomic mass is 10.0. The largest absolute Gasteiger partial charge is 0.423 e. The van der Waals surface area contributed by atoms with Crippen LogP contribution in [0.4, 0.5) is 0 Å². The van der Waals surface area contributed by atoms with Gasteiger partial charge in [0.1, 0.15) is 12.8 Å². The first-order valence-corrected chi connectivity index (χ1v) is 8.79. The highest BCUT2D eigenvalue weighted by atomic mass is 16.5. The van der Waals surface area contributed by atoms with E-state index in [-0.39, 0.29) is 13.4 Å². The van der Waals surface area contributed by atoms with Gasteiger partial charge in [-0.25, -0.2) is 4.79 Å². The molecule has 0 amide bonds. The van der Waals surface area contributed by atoms with Crippen molar-refractivity contribution < 1.29 is 14.1 Å². The lowest BCUT2D eigenvalue weighted by Crippen LogP contribution is -2.31. The summed E-state index contributed by atoms with van der Waals surface area (Å²) in [7, 11) is 2.02. The molecule has 0 bridgehead atoms. The molecule has 0 fully saturated rings. The number of rotatable bonds is 3. The molecule has 27 heavy (non-hydrogen) atoms. The maximum atomic E-state index is 13.1. The molecule has 3 nitrogen and oxygen atoms in total. The van der Waals surface area contributed by atoms with Gasteiger partial charge >= 0.3 is 5.97 Å². The molecule has 4 aromatic rings. The van der Waals surface area contributed by atoms with Crippen molar-refractivity contribution in [3.05, 3.63) is 83.9 Å². The number of ether oxygens (including phenoxy) is 1. The number of fused-ring (bicyclic) bond motifs is 2. The second kappa shape index (κ2) is 7.58. The van der Waals surface area contributed by atoms with Crippen LogP contribution in [0.1, 0.15) is 30.3 Å². The molecule has 0 N–H and O–H groups in total. The first-order valence-electron chi connectivity index (χ1n) is 8.79. The lowest BCUT2D eigenvalue weighted by molar-refractivity contribution is -0.617. The molecule has 0 saturated heterocycles. The fourth-order valence-corrected chi connectivity index (χ4v) is 3.40. The lowest BCUT2D eigenvalue weighted by Gasteiger charge is -2.10. The number of carbonyl (C=O) groups is 1. The van der Waals surface area contributed by atoms with E-state index in [1.807, 2.05) is 79.8 Å². The number of pyridine rings is 1. The van der Waals surface area contributed by atoms with Gasteiger partial charge in [-0.3, -0.25) is 0 Å². The highest BCUT2D eigenvalue weighted by molar-refractivity contribution is 6.13. The van der Waals surface area contributed by atoms with Crippen molar-refractivity contribution in [2.24, 2.45) is 7.05 Å². The summed E-state index contributed by atoms with van der Waals surface area (Å²) in [6.45, 7) is 2.10. The monoisotopic (exact) mass is 358 g/mol. The molecule has 3 heteroatoms. The van der Waals surface area contributed by atoms with E-state index in [1.165, 1.54) is 5.56 Å². The van der Waals surface area contributed by atoms with Crippen molar-refractivity contribution in [1.82, 2.24) is 0 Å². The topological polar surface area (TPSA) is 30.2 Å². The third-order valence-corrected chi connectivity index (χ3v) is 4.82. The summed E-state index contributed by atoms with van der Waals surface area (Å²) in [4.78, 5) is 13.1. The van der Waals surface area contributed by atoms with Crippen LogP contribution in [-0.2, 0) is 13.5 Å². The van der Waals surface area contributed by atoms with Gasteiger partial charge in [0.15, 0.2) is 0 Å². The number of esters is 1. The molecule has 1 aromatic heterocycles. The van der Waals surface area contributed by atoms with Crippen molar-refractivity contribution in [2.45, 2.75) is 20.8 Å². The van der Waals surface area contributed by atoms with E-state index in [9.17, 15) is 4.79 Å². The zero-order valence-electron chi connectivity index (χ0n) is 14.9. The molecule has 0 aliphatic carbocycles. The van der Waals surface area contributed by atoms with Gasteiger partial charge in [0, 0.05) is 12.1 Å². The number of aryl methyl sites for hydroxylation is 2. The second-order valence-electron chi connectivity index (χ2n) is 6.36. The van der Waals surface area contributed by atoms with Crippen LogP contribution in [0.25, 0.3) is 21.8 Å². The van der Waals surface area contributed by atoms with E-state index in [0.29, 0.717) is 11.3 Å². The third kappa shape index (κ3) is 3.28. The van der Waals surface area contributed by atoms with E-state index >= 15 is 0 Å². The smallest absolute Gasteiger partial charge is 0.345 e. The number of benzene rings is 3. The third-order valence-electron chi connectivity index (χ3n) is 4.82. The summed E-state index contributed by atoms with van der Waals surface area (Å²) in [6.07, 6.45) is 0.957. The molecule has 0 saturated carbocycles. The normalized spacial score (nSPS) is 10.6. The summed E-state index contributed by atoms with van der Waals surface area (Å²) >= 11 is 0. The fraction of sp³-hybridized carbons (Fsp3) is 0.167. The first-order chi connectivity index (χ1) is 12.7. The summed E-state index contributed by atoms with van der Waals surface area (Å²) in [5, 5.41) is 1.78. The maximum absolute atomic E-state index is 13.1. The van der Waals surface area contributed by atoms with Gasteiger partial charge in [0.05, 0.1) is 16.3 Å². The van der Waals surface area contributed by atoms with E-state index in [4.69, 9.17) is 4.74 Å². The molecule has 3 aromatic carbocycles. The summed E-state index contributed by atoms with van der Waals surface area (Å²) in [5.41, 5.74) is 3.82. The fourth-order valence-electron chi connectivity index (χ4n) is 3.40. The first kappa shape index (κ1) is 18.6. The van der Waals surface area contributed by atoms with Crippen LogP contribution < -0.4 is 9.30 Å². The van der Waals surface area contributed by atoms with Crippen molar-refractivity contribution >= 4 is 27.8 Å². The number of carbonyl (C=O) groups excluding carboxylic acids is 1. The second-order valence-corrected chi connectivity index (χ2v) is 6.36. The quantitative estimate of drug-likeness (QED) is 0.217. The average Bonchev–Trinajstić information content (AvgIpc) is 2.69. The van der Waals surface area contributed by atoms with Crippen LogP contribution in [0.2, 0.25) is 0 Å². The van der Waals surface area contributed by atoms with Crippen LogP contribution >= 0.6 is 0 Å². The standard InChI is InChI=1S/C23H20NO2.CH4/c1-3-16-12-14-17(15-13-16)26-23(25)22-18-8-4-6-10-20(18)24(2)21-11-7-5-9-19(21)22;/h4-15H,3H2,1-2H3;1H4/q+1;. The Morgan fingerprint density at radius 1 is 0.852 bits per heavy atom. The molecule has 136 valence electrons. The van der Waals surface area contributed by atoms with Crippen molar-refractivity contribution in [2.75, 3.05) is 0 Å². The molecule has 0 aliphatic rings. The Bertz CT molecular complexity index is 1060. The van der Waals surface area contributed by atoms with Gasteiger partial charge in [-0.1, -0.05) is 50.7 Å². The van der Waals surface area contributed by atoms with Gasteiger partial charge in [-0.2, -0.15) is 4.57 Å². The Morgan fingerprint density at radius 3 is 1.89 bits per heavy atom. The van der Waals surface area contributed by atoms with Crippen molar-refractivity contribution in [3.8, 4) is 5.75 Å². The molecule has 0 aliphatic heterocycles. The van der Waals surface area contributed by atoms with E-state index in [0.717, 1.165) is 28.2 Å². The highest BCUT2D eigenvalue weighted by Gasteiger charge is 2.23. The van der Waals surface area contributed by atoms with Gasteiger partial charge in [-0.15, -0.1) is 0 Å². The molecule has 0 atom stereocenters. The van der Waals surface area contributed by atoms with Crippen LogP contribution in [0, 0.1) is 0 Å². The zero-order chi connectivity index (χ0) is 18.1. The van der Waals surface area contributed by atoms with Crippen LogP contribution in [0.3, 0.4) is 0 Å². The molecule has 1 heterocycles. The number of para-hydroxylation sites is 2. The minimum atomic E-state index is -0.331. The van der Waals surface area contributed by atoms with Crippen molar-refractivity contribution in [3.63, 3.8) is 0 Å². The SMILES string of the molecule is C.CCc1ccc(OC(=O)c2c3ccccc3[n+](C)c3ccccc23)cc1. The Morgan fingerprint density at radius 2 is 1.37 bits per heavy atom. The molecule has 4 rings (SSSR count). The van der Waals surface area contributed by atoms with Gasteiger partial charge in [0.2, 0.25) is 11.0 Å². The predicted molar refractivity (Wildman–Crippen MR) is 110 cm³/mol. The Balaban J connectivity index is 0.00000210. The van der Waals surface area contributed by atoms with E-state index in [2.05, 4.69) is 11.5 Å². The summed E-state index contributed by atoms with van der Waals surface area (Å²) in [5.74, 6) is 0.232. The Labute approximate surface area is 159 Å². The number of nitrogens with zero attached hydrogens (tertiary/aromatic N) is 1. The number of hydrogen-bond acceptors (Lipinski definition) is 2. The number of hydrogen-bond donors (Lipinski definition) is 0. The summed E-state index contributed by atoms with van der Waals surface area (Å²) in [6, 6.07) is 23.5. The molecular weight excluding hydrogens is 334 g/mol.